The minimum atomic E-state index is -0.881. The van der Waals surface area contributed by atoms with Crippen LogP contribution < -0.4 is 16.2 Å². The van der Waals surface area contributed by atoms with Crippen molar-refractivity contribution in [1.82, 2.24) is 9.97 Å². The molecule has 2 heterocycles. The number of benzene rings is 3. The van der Waals surface area contributed by atoms with Crippen LogP contribution in [0.1, 0.15) is 7.43 Å². The van der Waals surface area contributed by atoms with Gasteiger partial charge in [0.2, 0.25) is 0 Å². The van der Waals surface area contributed by atoms with Crippen LogP contribution in [0.2, 0.25) is 0 Å². The van der Waals surface area contributed by atoms with Gasteiger partial charge in [0.05, 0.1) is 22.3 Å². The predicted octanol–water partition coefficient (Wildman–Crippen LogP) is 6.20. The molecule has 0 unspecified atom stereocenters. The van der Waals surface area contributed by atoms with Crippen molar-refractivity contribution in [3.63, 3.8) is 0 Å². The Kier molecular flexibility index (Phi) is 6.84. The molecule has 156 valence electrons. The molecule has 0 aliphatic carbocycles. The third-order valence-electron chi connectivity index (χ3n) is 5.08. The van der Waals surface area contributed by atoms with Gasteiger partial charge < -0.3 is 0 Å². The molecular weight excluding hydrogens is 407 g/mol. The van der Waals surface area contributed by atoms with Gasteiger partial charge in [-0.2, -0.15) is 0 Å². The van der Waals surface area contributed by atoms with Gasteiger partial charge in [-0.15, -0.1) is 0 Å². The van der Waals surface area contributed by atoms with E-state index in [4.69, 9.17) is 9.97 Å². The van der Waals surface area contributed by atoms with E-state index in [9.17, 15) is 0 Å². The van der Waals surface area contributed by atoms with E-state index in [2.05, 4.69) is 115 Å². The second-order valence-corrected chi connectivity index (χ2v) is 9.27. The van der Waals surface area contributed by atoms with Gasteiger partial charge in [0.1, 0.15) is 0 Å². The molecule has 3 aromatic carbocycles. The van der Waals surface area contributed by atoms with Gasteiger partial charge in [-0.3, -0.25) is 0 Å². The lowest BCUT2D eigenvalue weighted by Gasteiger charge is -2.18. The molecule has 0 saturated carbocycles. The quantitative estimate of drug-likeness (QED) is 0.309. The predicted molar refractivity (Wildman–Crippen MR) is 138 cm³/mol. The third-order valence-corrected chi connectivity index (χ3v) is 7.31. The molecule has 0 bridgehead atoms. The lowest BCUT2D eigenvalue weighted by atomic mass is 10.1. The lowest BCUT2D eigenvalue weighted by molar-refractivity contribution is 1.36. The van der Waals surface area contributed by atoms with Gasteiger partial charge in [0.25, 0.3) is 0 Å². The molecule has 32 heavy (non-hydrogen) atoms. The molecule has 0 aliphatic rings. The fourth-order valence-corrected chi connectivity index (χ4v) is 5.71. The topological polar surface area (TPSA) is 25.8 Å². The molecule has 0 amide bonds. The highest BCUT2D eigenvalue weighted by atomic mass is 31.1. The number of nitrogens with zero attached hydrogens (tertiary/aromatic N) is 2. The van der Waals surface area contributed by atoms with Crippen LogP contribution in [0.25, 0.3) is 22.5 Å². The zero-order valence-electron chi connectivity index (χ0n) is 17.0. The maximum atomic E-state index is 5.09. The van der Waals surface area contributed by atoms with Gasteiger partial charge in [0, 0.05) is 19.0 Å². The summed E-state index contributed by atoms with van der Waals surface area (Å²) in [6.45, 7) is 0. The maximum absolute atomic E-state index is 5.09. The summed E-state index contributed by atoms with van der Waals surface area (Å²) in [6, 6.07) is 43.9. The number of pyridine rings is 2. The molecule has 0 aliphatic heterocycles. The summed E-state index contributed by atoms with van der Waals surface area (Å²) in [4.78, 5) is 10.2. The van der Waals surface area contributed by atoms with Crippen molar-refractivity contribution in [3.05, 3.63) is 127 Å². The molecule has 5 aromatic rings. The van der Waals surface area contributed by atoms with Crippen LogP contribution in [0, 0.1) is 0 Å². The van der Waals surface area contributed by atoms with Gasteiger partial charge in [0.15, 0.2) is 0 Å². The maximum Gasteiger partial charge on any atom is 0.0744 e. The van der Waals surface area contributed by atoms with Gasteiger partial charge in [-0.25, -0.2) is 9.97 Å². The molecule has 0 spiro atoms. The highest BCUT2D eigenvalue weighted by molar-refractivity contribution is 7.79. The first-order valence-corrected chi connectivity index (χ1v) is 11.6. The Labute approximate surface area is 191 Å². The number of hydrogen-bond acceptors (Lipinski definition) is 2. The van der Waals surface area contributed by atoms with Gasteiger partial charge in [-0.1, -0.05) is 111 Å². The Hall–Kier alpha value is -3.61. The Bertz CT molecular complexity index is 1190. The summed E-state index contributed by atoms with van der Waals surface area (Å²) in [5.41, 5.74) is 6.33. The first-order valence-electron chi connectivity index (χ1n) is 10.3. The molecule has 0 fully saturated rings. The summed E-state index contributed by atoms with van der Waals surface area (Å²) in [5.74, 6) is 0. The molecular formula is C29H25N2P. The minimum Gasteiger partial charge on any atom is -0.247 e. The Morgan fingerprint density at radius 2 is 0.812 bits per heavy atom. The number of rotatable bonds is 5. The Balaban J connectivity index is 0.00000245. The normalized spacial score (nSPS) is 10.5. The standard InChI is InChI=1S/C28H21N2P.CH4/c1-4-12-22(13-5-1)25-18-10-20-27(29-25)31(24-16-8-3-9-17-24)28-21-11-19-26(30-28)23-14-6-2-7-15-23;/h1-21H;1H4. The smallest absolute Gasteiger partial charge is 0.0744 e. The van der Waals surface area contributed by atoms with E-state index in [0.717, 1.165) is 33.4 Å². The average molecular weight is 433 g/mol. The van der Waals surface area contributed by atoms with Gasteiger partial charge >= 0.3 is 0 Å². The summed E-state index contributed by atoms with van der Waals surface area (Å²) >= 11 is 0. The first-order chi connectivity index (χ1) is 15.4. The molecule has 0 radical (unpaired) electrons. The minimum absolute atomic E-state index is 0. The van der Waals surface area contributed by atoms with E-state index in [1.165, 1.54) is 5.30 Å². The second kappa shape index (κ2) is 10.1. The van der Waals surface area contributed by atoms with Crippen LogP contribution in [0.15, 0.2) is 127 Å². The van der Waals surface area contributed by atoms with Crippen LogP contribution >= 0.6 is 7.92 Å². The number of aromatic nitrogens is 2. The van der Waals surface area contributed by atoms with E-state index >= 15 is 0 Å². The van der Waals surface area contributed by atoms with Crippen molar-refractivity contribution >= 4 is 24.1 Å². The molecule has 0 saturated heterocycles. The molecule has 5 rings (SSSR count). The highest BCUT2D eigenvalue weighted by Gasteiger charge is 2.20. The van der Waals surface area contributed by atoms with E-state index in [-0.39, 0.29) is 7.43 Å². The van der Waals surface area contributed by atoms with Crippen molar-refractivity contribution < 1.29 is 0 Å². The largest absolute Gasteiger partial charge is 0.247 e. The van der Waals surface area contributed by atoms with Crippen LogP contribution in [0.3, 0.4) is 0 Å². The zero-order valence-corrected chi connectivity index (χ0v) is 17.9. The average Bonchev–Trinajstić information content (AvgIpc) is 2.86. The molecule has 2 aromatic heterocycles. The number of hydrogen-bond donors (Lipinski definition) is 0. The van der Waals surface area contributed by atoms with Crippen molar-refractivity contribution in [2.45, 2.75) is 7.43 Å². The Morgan fingerprint density at radius 3 is 1.25 bits per heavy atom. The molecule has 2 nitrogen and oxygen atoms in total. The van der Waals surface area contributed by atoms with Crippen molar-refractivity contribution in [2.24, 2.45) is 0 Å². The van der Waals surface area contributed by atoms with E-state index < -0.39 is 7.92 Å². The molecule has 0 atom stereocenters. The summed E-state index contributed by atoms with van der Waals surface area (Å²) in [7, 11) is -0.881. The van der Waals surface area contributed by atoms with Gasteiger partial charge in [-0.05, 0) is 29.6 Å². The highest BCUT2D eigenvalue weighted by Crippen LogP contribution is 2.32. The van der Waals surface area contributed by atoms with E-state index in [1.807, 2.05) is 12.1 Å². The zero-order chi connectivity index (χ0) is 20.9. The Morgan fingerprint density at radius 1 is 0.406 bits per heavy atom. The fraction of sp³-hybridized carbons (Fsp3) is 0.0345. The van der Waals surface area contributed by atoms with Crippen molar-refractivity contribution in [2.75, 3.05) is 0 Å². The molecule has 0 N–H and O–H groups in total. The lowest BCUT2D eigenvalue weighted by Crippen LogP contribution is -2.25. The SMILES string of the molecule is C.c1ccc(-c2cccc(P(c3ccccc3)c3cccc(-c4ccccc4)n3)n2)cc1. The van der Waals surface area contributed by atoms with Crippen molar-refractivity contribution in [1.29, 1.82) is 0 Å². The summed E-state index contributed by atoms with van der Waals surface area (Å²) < 4.78 is 0. The molecule has 3 heteroatoms. The third kappa shape index (κ3) is 4.66. The van der Waals surface area contributed by atoms with E-state index in [0.29, 0.717) is 0 Å². The monoisotopic (exact) mass is 432 g/mol. The van der Waals surface area contributed by atoms with Crippen LogP contribution in [0.5, 0.6) is 0 Å². The summed E-state index contributed by atoms with van der Waals surface area (Å²) in [5, 5.41) is 1.24. The van der Waals surface area contributed by atoms with Crippen LogP contribution in [-0.2, 0) is 0 Å². The van der Waals surface area contributed by atoms with Crippen LogP contribution in [0.4, 0.5) is 0 Å². The summed E-state index contributed by atoms with van der Waals surface area (Å²) in [6.07, 6.45) is 0. The fourth-order valence-electron chi connectivity index (χ4n) is 3.59. The second-order valence-electron chi connectivity index (χ2n) is 7.17. The van der Waals surface area contributed by atoms with Crippen LogP contribution in [-0.4, -0.2) is 9.97 Å². The van der Waals surface area contributed by atoms with Crippen molar-refractivity contribution in [3.8, 4) is 22.5 Å². The van der Waals surface area contributed by atoms with E-state index in [1.54, 1.807) is 0 Å². The first kappa shape index (κ1) is 21.6.